The van der Waals surface area contributed by atoms with E-state index in [4.69, 9.17) is 5.73 Å². The van der Waals surface area contributed by atoms with Gasteiger partial charge in [-0.25, -0.2) is 0 Å². The zero-order valence-corrected chi connectivity index (χ0v) is 9.46. The third-order valence-electron chi connectivity index (χ3n) is 2.99. The van der Waals surface area contributed by atoms with Gasteiger partial charge in [-0.2, -0.15) is 11.3 Å². The Morgan fingerprint density at radius 3 is 2.93 bits per heavy atom. The van der Waals surface area contributed by atoms with E-state index in [1.54, 1.807) is 11.3 Å². The third-order valence-corrected chi connectivity index (χ3v) is 3.72. The maximum atomic E-state index is 5.80. The van der Waals surface area contributed by atoms with Gasteiger partial charge in [0, 0.05) is 19.1 Å². The minimum atomic E-state index is 0.592. The molecule has 1 aliphatic carbocycles. The quantitative estimate of drug-likeness (QED) is 0.804. The van der Waals surface area contributed by atoms with Crippen molar-refractivity contribution in [2.45, 2.75) is 25.4 Å². The van der Waals surface area contributed by atoms with Crippen molar-refractivity contribution < 1.29 is 0 Å². The van der Waals surface area contributed by atoms with Crippen LogP contribution in [0.4, 0.5) is 0 Å². The number of nitrogens with two attached hydrogens (primary N) is 1. The molecule has 1 aromatic heterocycles. The van der Waals surface area contributed by atoms with Gasteiger partial charge >= 0.3 is 0 Å². The fourth-order valence-corrected chi connectivity index (χ4v) is 2.66. The maximum Gasteiger partial charge on any atom is 0.0247 e. The molecule has 78 valence electrons. The van der Waals surface area contributed by atoms with E-state index in [1.807, 2.05) is 0 Å². The van der Waals surface area contributed by atoms with Crippen LogP contribution in [0, 0.1) is 5.92 Å². The summed E-state index contributed by atoms with van der Waals surface area (Å²) in [5.41, 5.74) is 7.22. The van der Waals surface area contributed by atoms with Gasteiger partial charge in [0.15, 0.2) is 0 Å². The van der Waals surface area contributed by atoms with Gasteiger partial charge in [0.2, 0.25) is 0 Å². The summed E-state index contributed by atoms with van der Waals surface area (Å²) in [5.74, 6) is 0.864. The molecule has 1 aliphatic rings. The molecule has 2 N–H and O–H groups in total. The van der Waals surface area contributed by atoms with E-state index >= 15 is 0 Å². The highest BCUT2D eigenvalue weighted by atomic mass is 32.1. The summed E-state index contributed by atoms with van der Waals surface area (Å²) < 4.78 is 0. The Hall–Kier alpha value is -0.380. The Morgan fingerprint density at radius 2 is 2.43 bits per heavy atom. The molecular weight excluding hydrogens is 192 g/mol. The average molecular weight is 210 g/mol. The first-order chi connectivity index (χ1) is 6.81. The lowest BCUT2D eigenvalue weighted by Gasteiger charge is -2.26. The molecular formula is C11H18N2S. The van der Waals surface area contributed by atoms with Crippen LogP contribution in [0.2, 0.25) is 0 Å². The van der Waals surface area contributed by atoms with Crippen LogP contribution in [-0.4, -0.2) is 24.5 Å². The van der Waals surface area contributed by atoms with Crippen LogP contribution < -0.4 is 5.73 Å². The highest BCUT2D eigenvalue weighted by molar-refractivity contribution is 7.07. The molecule has 1 saturated carbocycles. The van der Waals surface area contributed by atoms with Crippen molar-refractivity contribution in [3.8, 4) is 0 Å². The van der Waals surface area contributed by atoms with Gasteiger partial charge in [-0.3, -0.25) is 4.90 Å². The standard InChI is InChI=1S/C11H18N2S/c1-13(7-9-4-5-14-8-9)11(6-12)10-2-3-10/h4-5,8,10-11H,2-3,6-7,12H2,1H3. The summed E-state index contributed by atoms with van der Waals surface area (Å²) in [7, 11) is 2.19. The zero-order valence-electron chi connectivity index (χ0n) is 8.65. The summed E-state index contributed by atoms with van der Waals surface area (Å²) >= 11 is 1.77. The first-order valence-electron chi connectivity index (χ1n) is 5.22. The van der Waals surface area contributed by atoms with Crippen LogP contribution in [0.3, 0.4) is 0 Å². The summed E-state index contributed by atoms with van der Waals surface area (Å²) in [4.78, 5) is 2.40. The molecule has 3 heteroatoms. The number of nitrogens with zero attached hydrogens (tertiary/aromatic N) is 1. The molecule has 0 saturated heterocycles. The number of hydrogen-bond acceptors (Lipinski definition) is 3. The van der Waals surface area contributed by atoms with Gasteiger partial charge in [0.05, 0.1) is 0 Å². The Balaban J connectivity index is 1.90. The fraction of sp³-hybridized carbons (Fsp3) is 0.636. The smallest absolute Gasteiger partial charge is 0.0247 e. The molecule has 2 nitrogen and oxygen atoms in total. The van der Waals surface area contributed by atoms with E-state index < -0.39 is 0 Å². The van der Waals surface area contributed by atoms with Gasteiger partial charge in [-0.05, 0) is 48.2 Å². The van der Waals surface area contributed by atoms with Crippen LogP contribution in [0.15, 0.2) is 16.8 Å². The lowest BCUT2D eigenvalue weighted by molar-refractivity contribution is 0.216. The molecule has 0 bridgehead atoms. The van der Waals surface area contributed by atoms with E-state index in [-0.39, 0.29) is 0 Å². The van der Waals surface area contributed by atoms with E-state index in [1.165, 1.54) is 18.4 Å². The molecule has 1 aromatic rings. The maximum absolute atomic E-state index is 5.80. The SMILES string of the molecule is CN(Cc1ccsc1)C(CN)C1CC1. The Labute approximate surface area is 89.7 Å². The molecule has 2 rings (SSSR count). The van der Waals surface area contributed by atoms with Crippen LogP contribution in [0.25, 0.3) is 0 Å². The van der Waals surface area contributed by atoms with E-state index in [0.717, 1.165) is 19.0 Å². The van der Waals surface area contributed by atoms with Gasteiger partial charge < -0.3 is 5.73 Å². The van der Waals surface area contributed by atoms with E-state index in [2.05, 4.69) is 28.8 Å². The Kier molecular flexibility index (Phi) is 3.21. The van der Waals surface area contributed by atoms with Gasteiger partial charge in [-0.1, -0.05) is 0 Å². The topological polar surface area (TPSA) is 29.3 Å². The first-order valence-corrected chi connectivity index (χ1v) is 6.17. The van der Waals surface area contributed by atoms with Crippen molar-refractivity contribution in [1.29, 1.82) is 0 Å². The molecule has 1 atom stereocenters. The molecule has 1 fully saturated rings. The second kappa shape index (κ2) is 4.43. The van der Waals surface area contributed by atoms with Crippen LogP contribution in [-0.2, 0) is 6.54 Å². The molecule has 1 heterocycles. The third kappa shape index (κ3) is 2.35. The Bertz CT molecular complexity index is 267. The lowest BCUT2D eigenvalue weighted by atomic mass is 10.1. The van der Waals surface area contributed by atoms with Crippen molar-refractivity contribution in [2.75, 3.05) is 13.6 Å². The molecule has 0 aromatic carbocycles. The summed E-state index contributed by atoms with van der Waals surface area (Å²) in [6, 6.07) is 2.79. The highest BCUT2D eigenvalue weighted by Gasteiger charge is 2.32. The molecule has 0 spiro atoms. The second-order valence-corrected chi connectivity index (χ2v) is 4.97. The predicted octanol–water partition coefficient (Wildman–Crippen LogP) is 1.92. The summed E-state index contributed by atoms with van der Waals surface area (Å²) in [6.07, 6.45) is 2.74. The summed E-state index contributed by atoms with van der Waals surface area (Å²) in [5, 5.41) is 4.36. The van der Waals surface area contributed by atoms with Crippen molar-refractivity contribution in [3.63, 3.8) is 0 Å². The average Bonchev–Trinajstić information content (AvgIpc) is 2.86. The van der Waals surface area contributed by atoms with Crippen LogP contribution in [0.1, 0.15) is 18.4 Å². The van der Waals surface area contributed by atoms with Crippen molar-refractivity contribution in [3.05, 3.63) is 22.4 Å². The molecule has 14 heavy (non-hydrogen) atoms. The minimum Gasteiger partial charge on any atom is -0.329 e. The number of likely N-dealkylation sites (N-methyl/N-ethyl adjacent to an activating group) is 1. The lowest BCUT2D eigenvalue weighted by Crippen LogP contribution is -2.39. The molecule has 0 aliphatic heterocycles. The highest BCUT2D eigenvalue weighted by Crippen LogP contribution is 2.34. The predicted molar refractivity (Wildman–Crippen MR) is 61.4 cm³/mol. The van der Waals surface area contributed by atoms with Gasteiger partial charge in [-0.15, -0.1) is 0 Å². The van der Waals surface area contributed by atoms with Crippen LogP contribution in [0.5, 0.6) is 0 Å². The largest absolute Gasteiger partial charge is 0.329 e. The number of rotatable bonds is 5. The zero-order chi connectivity index (χ0) is 9.97. The van der Waals surface area contributed by atoms with Crippen molar-refractivity contribution in [2.24, 2.45) is 11.7 Å². The van der Waals surface area contributed by atoms with Gasteiger partial charge in [0.1, 0.15) is 0 Å². The summed E-state index contributed by atoms with van der Waals surface area (Å²) in [6.45, 7) is 1.84. The normalized spacial score (nSPS) is 18.8. The number of thiophene rings is 1. The van der Waals surface area contributed by atoms with Gasteiger partial charge in [0.25, 0.3) is 0 Å². The second-order valence-electron chi connectivity index (χ2n) is 4.19. The van der Waals surface area contributed by atoms with Crippen LogP contribution >= 0.6 is 11.3 Å². The van der Waals surface area contributed by atoms with E-state index in [0.29, 0.717) is 6.04 Å². The number of hydrogen-bond donors (Lipinski definition) is 1. The van der Waals surface area contributed by atoms with Crippen molar-refractivity contribution in [1.82, 2.24) is 4.90 Å². The minimum absolute atomic E-state index is 0.592. The molecule has 0 amide bonds. The molecule has 0 radical (unpaired) electrons. The Morgan fingerprint density at radius 1 is 1.64 bits per heavy atom. The van der Waals surface area contributed by atoms with Crippen molar-refractivity contribution >= 4 is 11.3 Å². The monoisotopic (exact) mass is 210 g/mol. The fourth-order valence-electron chi connectivity index (χ4n) is 2.00. The molecule has 1 unspecified atom stereocenters. The first kappa shape index (κ1) is 10.1. The van der Waals surface area contributed by atoms with E-state index in [9.17, 15) is 0 Å².